The molecular weight excluding hydrogens is 232 g/mol. The summed E-state index contributed by atoms with van der Waals surface area (Å²) in [6.07, 6.45) is 8.22. The van der Waals surface area contributed by atoms with Gasteiger partial charge in [-0.05, 0) is 74.0 Å². The summed E-state index contributed by atoms with van der Waals surface area (Å²) in [5, 5.41) is 0. The molecule has 3 rings (SSSR count). The van der Waals surface area contributed by atoms with Crippen LogP contribution in [0.3, 0.4) is 0 Å². The molecule has 3 fully saturated rings. The van der Waals surface area contributed by atoms with E-state index in [2.05, 4.69) is 34.6 Å². The van der Waals surface area contributed by atoms with Gasteiger partial charge in [0.25, 0.3) is 0 Å². The lowest BCUT2D eigenvalue weighted by atomic mass is 9.64. The molecule has 110 valence electrons. The first-order valence-electron chi connectivity index (χ1n) is 8.51. The van der Waals surface area contributed by atoms with Crippen molar-refractivity contribution in [2.45, 2.75) is 78.7 Å². The smallest absolute Gasteiger partial charge is 0.0688 e. The molecule has 3 saturated carbocycles. The summed E-state index contributed by atoms with van der Waals surface area (Å²) in [6, 6.07) is 0. The Kier molecular flexibility index (Phi) is 3.10. The monoisotopic (exact) mass is 264 g/mol. The molecule has 0 aromatic heterocycles. The number of ether oxygens (including phenoxy) is 1. The first-order chi connectivity index (χ1) is 8.87. The Morgan fingerprint density at radius 1 is 1.05 bits per heavy atom. The largest absolute Gasteiger partial charge is 0.375 e. The van der Waals surface area contributed by atoms with Crippen molar-refractivity contribution >= 4 is 0 Å². The predicted molar refractivity (Wildman–Crippen MR) is 80.1 cm³/mol. The van der Waals surface area contributed by atoms with Gasteiger partial charge in [0, 0.05) is 6.61 Å². The fraction of sp³-hybridized carbons (Fsp3) is 1.00. The van der Waals surface area contributed by atoms with Crippen molar-refractivity contribution < 1.29 is 4.74 Å². The van der Waals surface area contributed by atoms with Crippen LogP contribution in [0.25, 0.3) is 0 Å². The Balaban J connectivity index is 1.92. The van der Waals surface area contributed by atoms with E-state index in [9.17, 15) is 0 Å². The number of hydrogen-bond acceptors (Lipinski definition) is 1. The van der Waals surface area contributed by atoms with Gasteiger partial charge in [0.2, 0.25) is 0 Å². The van der Waals surface area contributed by atoms with Crippen molar-refractivity contribution in [3.05, 3.63) is 0 Å². The van der Waals surface area contributed by atoms with E-state index >= 15 is 0 Å². The molecule has 0 heterocycles. The van der Waals surface area contributed by atoms with E-state index in [1.165, 1.54) is 32.1 Å². The Bertz CT molecular complexity index is 361. The van der Waals surface area contributed by atoms with Crippen molar-refractivity contribution in [2.75, 3.05) is 6.61 Å². The molecule has 3 aliphatic carbocycles. The third-order valence-electron chi connectivity index (χ3n) is 7.40. The van der Waals surface area contributed by atoms with Crippen molar-refractivity contribution in [2.24, 2.45) is 28.6 Å². The van der Waals surface area contributed by atoms with Gasteiger partial charge in [-0.25, -0.2) is 0 Å². The minimum absolute atomic E-state index is 0.148. The summed E-state index contributed by atoms with van der Waals surface area (Å²) in [5.74, 6) is 2.66. The molecule has 19 heavy (non-hydrogen) atoms. The predicted octanol–water partition coefficient (Wildman–Crippen LogP) is 5.04. The molecule has 2 bridgehead atoms. The Hall–Kier alpha value is -0.0400. The second-order valence-corrected chi connectivity index (χ2v) is 8.50. The zero-order valence-electron chi connectivity index (χ0n) is 13.6. The maximum absolute atomic E-state index is 6.38. The number of rotatable bonds is 3. The quantitative estimate of drug-likeness (QED) is 0.693. The van der Waals surface area contributed by atoms with Crippen LogP contribution in [0.5, 0.6) is 0 Å². The van der Waals surface area contributed by atoms with Gasteiger partial charge in [0.05, 0.1) is 5.60 Å². The summed E-state index contributed by atoms with van der Waals surface area (Å²) in [4.78, 5) is 0. The average Bonchev–Trinajstić information content (AvgIpc) is 2.78. The van der Waals surface area contributed by atoms with Gasteiger partial charge < -0.3 is 4.74 Å². The van der Waals surface area contributed by atoms with Crippen LogP contribution in [0.15, 0.2) is 0 Å². The van der Waals surface area contributed by atoms with E-state index in [1.54, 1.807) is 0 Å². The van der Waals surface area contributed by atoms with Crippen LogP contribution in [0.1, 0.15) is 73.1 Å². The van der Waals surface area contributed by atoms with Crippen LogP contribution < -0.4 is 0 Å². The maximum atomic E-state index is 6.38. The van der Waals surface area contributed by atoms with E-state index < -0.39 is 0 Å². The van der Waals surface area contributed by atoms with E-state index in [1.807, 2.05) is 0 Å². The minimum atomic E-state index is 0.148. The summed E-state index contributed by atoms with van der Waals surface area (Å²) >= 11 is 0. The van der Waals surface area contributed by atoms with E-state index in [0.29, 0.717) is 10.8 Å². The van der Waals surface area contributed by atoms with E-state index in [4.69, 9.17) is 4.74 Å². The molecule has 1 heteroatoms. The third kappa shape index (κ3) is 1.69. The topological polar surface area (TPSA) is 9.23 Å². The summed E-state index contributed by atoms with van der Waals surface area (Å²) < 4.78 is 6.38. The normalized spacial score (nSPS) is 51.3. The van der Waals surface area contributed by atoms with Gasteiger partial charge in [0.15, 0.2) is 0 Å². The third-order valence-corrected chi connectivity index (χ3v) is 7.40. The number of fused-ring (bicyclic) bond motifs is 1. The molecule has 0 unspecified atom stereocenters. The summed E-state index contributed by atoms with van der Waals surface area (Å²) in [5.41, 5.74) is 1.29. The Labute approximate surface area is 119 Å². The van der Waals surface area contributed by atoms with Crippen LogP contribution >= 0.6 is 0 Å². The van der Waals surface area contributed by atoms with Crippen LogP contribution in [-0.2, 0) is 4.74 Å². The molecule has 3 aliphatic rings. The molecule has 5 atom stereocenters. The van der Waals surface area contributed by atoms with Crippen LogP contribution in [0.4, 0.5) is 0 Å². The van der Waals surface area contributed by atoms with Crippen LogP contribution in [-0.4, -0.2) is 12.2 Å². The Morgan fingerprint density at radius 2 is 1.79 bits per heavy atom. The lowest BCUT2D eigenvalue weighted by Gasteiger charge is -2.47. The molecular formula is C18H32O. The SMILES string of the molecule is CCCO[C@@]1(C)CC[C@]23C[C@H]1C(C)(C)[C@@H]2CC[C@H]3C. The van der Waals surface area contributed by atoms with Crippen molar-refractivity contribution in [3.63, 3.8) is 0 Å². The van der Waals surface area contributed by atoms with Crippen molar-refractivity contribution in [1.82, 2.24) is 0 Å². The molecule has 0 saturated heterocycles. The average molecular weight is 264 g/mol. The molecule has 1 spiro atoms. The van der Waals surface area contributed by atoms with E-state index in [0.717, 1.165) is 30.8 Å². The highest BCUT2D eigenvalue weighted by atomic mass is 16.5. The second-order valence-electron chi connectivity index (χ2n) is 8.50. The summed E-state index contributed by atoms with van der Waals surface area (Å²) in [7, 11) is 0. The van der Waals surface area contributed by atoms with Crippen molar-refractivity contribution in [3.8, 4) is 0 Å². The first kappa shape index (κ1) is 13.9. The highest BCUT2D eigenvalue weighted by molar-refractivity contribution is 5.17. The maximum Gasteiger partial charge on any atom is 0.0688 e. The van der Waals surface area contributed by atoms with Gasteiger partial charge in [-0.1, -0.05) is 27.7 Å². The van der Waals surface area contributed by atoms with Gasteiger partial charge in [-0.15, -0.1) is 0 Å². The fourth-order valence-corrected chi connectivity index (χ4v) is 6.37. The molecule has 0 radical (unpaired) electrons. The summed E-state index contributed by atoms with van der Waals surface area (Å²) in [6.45, 7) is 13.2. The molecule has 1 nitrogen and oxygen atoms in total. The molecule has 0 aromatic carbocycles. The Morgan fingerprint density at radius 3 is 2.47 bits per heavy atom. The van der Waals surface area contributed by atoms with Gasteiger partial charge in [0.1, 0.15) is 0 Å². The fourth-order valence-electron chi connectivity index (χ4n) is 6.37. The van der Waals surface area contributed by atoms with Crippen LogP contribution in [0, 0.1) is 28.6 Å². The number of hydrogen-bond donors (Lipinski definition) is 0. The van der Waals surface area contributed by atoms with Crippen molar-refractivity contribution in [1.29, 1.82) is 0 Å². The lowest BCUT2D eigenvalue weighted by Crippen LogP contribution is -2.46. The van der Waals surface area contributed by atoms with Crippen LogP contribution in [0.2, 0.25) is 0 Å². The van der Waals surface area contributed by atoms with E-state index in [-0.39, 0.29) is 5.60 Å². The lowest BCUT2D eigenvalue weighted by molar-refractivity contribution is -0.122. The highest BCUT2D eigenvalue weighted by Crippen LogP contribution is 2.73. The zero-order valence-corrected chi connectivity index (χ0v) is 13.6. The standard InChI is InChI=1S/C18H32O/c1-6-11-19-17(5)9-10-18-12-15(17)16(3,4)14(18)8-7-13(18)2/h13-15H,6-12H2,1-5H3/t13-,14+,15+,17+,18-/m1/s1. The molecule has 0 N–H and O–H groups in total. The second kappa shape index (κ2) is 4.23. The molecule has 0 amide bonds. The van der Waals surface area contributed by atoms with Gasteiger partial charge >= 0.3 is 0 Å². The van der Waals surface area contributed by atoms with Gasteiger partial charge in [-0.3, -0.25) is 0 Å². The molecule has 0 aliphatic heterocycles. The zero-order chi connectivity index (χ0) is 13.9. The first-order valence-corrected chi connectivity index (χ1v) is 8.51. The molecule has 0 aromatic rings. The highest BCUT2D eigenvalue weighted by Gasteiger charge is 2.68. The minimum Gasteiger partial charge on any atom is -0.375 e. The van der Waals surface area contributed by atoms with Gasteiger partial charge in [-0.2, -0.15) is 0 Å².